The maximum absolute atomic E-state index is 2.46. The largest absolute Gasteiger partial charge is 0.0625 e. The van der Waals surface area contributed by atoms with Crippen LogP contribution in [0.15, 0.2) is 18.2 Å². The minimum Gasteiger partial charge on any atom is -0.0625 e. The Morgan fingerprint density at radius 3 is 1.69 bits per heavy atom. The van der Waals surface area contributed by atoms with Gasteiger partial charge in [0.1, 0.15) is 0 Å². The SMILES string of the molecule is Cc1ccc(C2CCC(CCC3CCC(C4CCC(C)CC4)CC3)CC2)cc1C. The molecule has 0 heteroatoms. The Morgan fingerprint density at radius 2 is 1.14 bits per heavy atom. The lowest BCUT2D eigenvalue weighted by Gasteiger charge is -2.37. The molecule has 0 amide bonds. The molecular formula is C29H46. The molecule has 3 aliphatic carbocycles. The van der Waals surface area contributed by atoms with Crippen LogP contribution >= 0.6 is 0 Å². The van der Waals surface area contributed by atoms with Gasteiger partial charge in [0.2, 0.25) is 0 Å². The predicted octanol–water partition coefficient (Wildman–Crippen LogP) is 8.99. The maximum Gasteiger partial charge on any atom is -0.0162 e. The summed E-state index contributed by atoms with van der Waals surface area (Å²) in [6.07, 6.45) is 21.2. The van der Waals surface area contributed by atoms with Crippen molar-refractivity contribution in [3.63, 3.8) is 0 Å². The summed E-state index contributed by atoms with van der Waals surface area (Å²) in [5, 5.41) is 0. The Morgan fingerprint density at radius 1 is 0.621 bits per heavy atom. The molecule has 0 unspecified atom stereocenters. The van der Waals surface area contributed by atoms with Crippen molar-refractivity contribution in [3.05, 3.63) is 34.9 Å². The molecule has 1 aromatic carbocycles. The van der Waals surface area contributed by atoms with Gasteiger partial charge in [0, 0.05) is 0 Å². The normalized spacial score (nSPS) is 36.1. The van der Waals surface area contributed by atoms with Crippen LogP contribution in [0.4, 0.5) is 0 Å². The summed E-state index contributed by atoms with van der Waals surface area (Å²) in [6, 6.07) is 7.20. The smallest absolute Gasteiger partial charge is 0.0162 e. The van der Waals surface area contributed by atoms with Crippen LogP contribution in [0.3, 0.4) is 0 Å². The molecule has 0 N–H and O–H groups in total. The van der Waals surface area contributed by atoms with E-state index >= 15 is 0 Å². The fourth-order valence-corrected chi connectivity index (χ4v) is 6.98. The molecular weight excluding hydrogens is 348 g/mol. The Balaban J connectivity index is 1.14. The van der Waals surface area contributed by atoms with Crippen molar-refractivity contribution in [2.75, 3.05) is 0 Å². The summed E-state index contributed by atoms with van der Waals surface area (Å²) in [5.41, 5.74) is 4.53. The second-order valence-corrected chi connectivity index (χ2v) is 11.4. The van der Waals surface area contributed by atoms with Crippen molar-refractivity contribution >= 4 is 0 Å². The van der Waals surface area contributed by atoms with E-state index in [0.29, 0.717) is 0 Å². The van der Waals surface area contributed by atoms with Crippen LogP contribution in [-0.2, 0) is 0 Å². The van der Waals surface area contributed by atoms with Gasteiger partial charge < -0.3 is 0 Å². The van der Waals surface area contributed by atoms with Crippen molar-refractivity contribution in [2.24, 2.45) is 29.6 Å². The number of benzene rings is 1. The van der Waals surface area contributed by atoms with Crippen LogP contribution in [-0.4, -0.2) is 0 Å². The van der Waals surface area contributed by atoms with Gasteiger partial charge in [0.05, 0.1) is 0 Å². The molecule has 162 valence electrons. The highest BCUT2D eigenvalue weighted by molar-refractivity contribution is 5.32. The molecule has 0 radical (unpaired) electrons. The van der Waals surface area contributed by atoms with E-state index < -0.39 is 0 Å². The Bertz CT molecular complexity index is 619. The quantitative estimate of drug-likeness (QED) is 0.467. The first-order valence-corrected chi connectivity index (χ1v) is 13.2. The van der Waals surface area contributed by atoms with E-state index in [1.165, 1.54) is 62.5 Å². The van der Waals surface area contributed by atoms with Crippen molar-refractivity contribution in [3.8, 4) is 0 Å². The van der Waals surface area contributed by atoms with Gasteiger partial charge in [-0.1, -0.05) is 63.6 Å². The Kier molecular flexibility index (Phi) is 7.41. The summed E-state index contributed by atoms with van der Waals surface area (Å²) in [6.45, 7) is 6.97. The van der Waals surface area contributed by atoms with Gasteiger partial charge in [-0.05, 0) is 117 Å². The number of hydrogen-bond acceptors (Lipinski definition) is 0. The molecule has 0 saturated heterocycles. The molecule has 0 atom stereocenters. The molecule has 1 aromatic rings. The highest BCUT2D eigenvalue weighted by atomic mass is 14.4. The van der Waals surface area contributed by atoms with Gasteiger partial charge in [0.15, 0.2) is 0 Å². The Hall–Kier alpha value is -0.780. The lowest BCUT2D eigenvalue weighted by atomic mass is 9.68. The van der Waals surface area contributed by atoms with Crippen LogP contribution in [0.5, 0.6) is 0 Å². The standard InChI is InChI=1S/C29H46/c1-21-4-13-26(14-5-21)27-16-9-24(10-17-27)7-8-25-11-18-28(19-12-25)29-15-6-22(2)23(3)20-29/h6,15,20-21,24-28H,4-5,7-14,16-19H2,1-3H3. The van der Waals surface area contributed by atoms with Gasteiger partial charge >= 0.3 is 0 Å². The fourth-order valence-electron chi connectivity index (χ4n) is 6.98. The third kappa shape index (κ3) is 5.68. The lowest BCUT2D eigenvalue weighted by Crippen LogP contribution is -2.25. The molecule has 0 nitrogen and oxygen atoms in total. The number of aryl methyl sites for hydroxylation is 2. The van der Waals surface area contributed by atoms with Gasteiger partial charge in [-0.15, -0.1) is 0 Å². The number of rotatable bonds is 5. The summed E-state index contributed by atoms with van der Waals surface area (Å²) < 4.78 is 0. The van der Waals surface area contributed by atoms with Gasteiger partial charge in [-0.2, -0.15) is 0 Å². The lowest BCUT2D eigenvalue weighted by molar-refractivity contribution is 0.143. The molecule has 3 aliphatic rings. The topological polar surface area (TPSA) is 0 Å². The minimum atomic E-state index is 0.833. The predicted molar refractivity (Wildman–Crippen MR) is 126 cm³/mol. The highest BCUT2D eigenvalue weighted by Gasteiger charge is 2.30. The van der Waals surface area contributed by atoms with Crippen molar-refractivity contribution in [1.82, 2.24) is 0 Å². The molecule has 3 saturated carbocycles. The molecule has 29 heavy (non-hydrogen) atoms. The first-order valence-electron chi connectivity index (χ1n) is 13.2. The van der Waals surface area contributed by atoms with E-state index in [0.717, 1.165) is 35.5 Å². The van der Waals surface area contributed by atoms with Crippen molar-refractivity contribution in [2.45, 2.75) is 117 Å². The molecule has 0 aromatic heterocycles. The van der Waals surface area contributed by atoms with E-state index in [-0.39, 0.29) is 0 Å². The van der Waals surface area contributed by atoms with Crippen LogP contribution in [0, 0.1) is 43.4 Å². The van der Waals surface area contributed by atoms with E-state index in [1.807, 2.05) is 0 Å². The molecule has 4 rings (SSSR count). The zero-order chi connectivity index (χ0) is 20.2. The van der Waals surface area contributed by atoms with Gasteiger partial charge in [0.25, 0.3) is 0 Å². The van der Waals surface area contributed by atoms with Crippen LogP contribution < -0.4 is 0 Å². The first kappa shape index (κ1) is 21.5. The summed E-state index contributed by atoms with van der Waals surface area (Å²) in [5.74, 6) is 6.11. The minimum absolute atomic E-state index is 0.833. The molecule has 0 aliphatic heterocycles. The summed E-state index contributed by atoms with van der Waals surface area (Å²) in [4.78, 5) is 0. The molecule has 0 heterocycles. The van der Waals surface area contributed by atoms with Crippen LogP contribution in [0.2, 0.25) is 0 Å². The second-order valence-electron chi connectivity index (χ2n) is 11.4. The van der Waals surface area contributed by atoms with Crippen LogP contribution in [0.25, 0.3) is 0 Å². The van der Waals surface area contributed by atoms with E-state index in [2.05, 4.69) is 39.0 Å². The van der Waals surface area contributed by atoms with Crippen molar-refractivity contribution in [1.29, 1.82) is 0 Å². The maximum atomic E-state index is 2.46. The van der Waals surface area contributed by atoms with E-state index in [4.69, 9.17) is 0 Å². The van der Waals surface area contributed by atoms with Crippen molar-refractivity contribution < 1.29 is 0 Å². The zero-order valence-corrected chi connectivity index (χ0v) is 19.6. The molecule has 0 bridgehead atoms. The average Bonchev–Trinajstić information content (AvgIpc) is 2.76. The summed E-state index contributed by atoms with van der Waals surface area (Å²) in [7, 11) is 0. The third-order valence-electron chi connectivity index (χ3n) is 9.45. The van der Waals surface area contributed by atoms with E-state index in [9.17, 15) is 0 Å². The van der Waals surface area contributed by atoms with E-state index in [1.54, 1.807) is 44.1 Å². The Labute approximate surface area is 181 Å². The highest BCUT2D eigenvalue weighted by Crippen LogP contribution is 2.43. The average molecular weight is 395 g/mol. The molecule has 0 spiro atoms. The van der Waals surface area contributed by atoms with Gasteiger partial charge in [-0.25, -0.2) is 0 Å². The monoisotopic (exact) mass is 394 g/mol. The van der Waals surface area contributed by atoms with Crippen LogP contribution in [0.1, 0.15) is 119 Å². The molecule has 3 fully saturated rings. The first-order chi connectivity index (χ1) is 14.1. The third-order valence-corrected chi connectivity index (χ3v) is 9.45. The fraction of sp³-hybridized carbons (Fsp3) is 0.793. The zero-order valence-electron chi connectivity index (χ0n) is 19.6. The number of hydrogen-bond donors (Lipinski definition) is 0. The second kappa shape index (κ2) is 10.0. The summed E-state index contributed by atoms with van der Waals surface area (Å²) >= 11 is 0. The van der Waals surface area contributed by atoms with Gasteiger partial charge in [-0.3, -0.25) is 0 Å².